The van der Waals surface area contributed by atoms with Crippen LogP contribution in [0, 0.1) is 0 Å². The molecule has 2 aliphatic rings. The number of rotatable bonds is 2. The Morgan fingerprint density at radius 1 is 1.62 bits per heavy atom. The van der Waals surface area contributed by atoms with E-state index in [4.69, 9.17) is 4.74 Å². The highest BCUT2D eigenvalue weighted by Gasteiger charge is 2.24. The van der Waals surface area contributed by atoms with E-state index in [1.54, 1.807) is 0 Å². The molecule has 4 nitrogen and oxygen atoms in total. The highest BCUT2D eigenvalue weighted by atomic mass is 32.2. The molecule has 5 heteroatoms. The van der Waals surface area contributed by atoms with Gasteiger partial charge in [-0.15, -0.1) is 0 Å². The van der Waals surface area contributed by atoms with Gasteiger partial charge in [0.25, 0.3) is 0 Å². The van der Waals surface area contributed by atoms with Crippen molar-refractivity contribution in [3.8, 4) is 0 Å². The first-order valence-corrected chi connectivity index (χ1v) is 7.11. The predicted octanol–water partition coefficient (Wildman–Crippen LogP) is 0.329. The van der Waals surface area contributed by atoms with Crippen LogP contribution in [0.1, 0.15) is 13.3 Å². The van der Waals surface area contributed by atoms with Gasteiger partial charge in [-0.2, -0.15) is 11.8 Å². The fourth-order valence-electron chi connectivity index (χ4n) is 2.14. The molecule has 2 heterocycles. The maximum Gasteiger partial charge on any atom is 0.224 e. The van der Waals surface area contributed by atoms with Crippen molar-refractivity contribution in [2.45, 2.75) is 25.5 Å². The van der Waals surface area contributed by atoms with Gasteiger partial charge in [-0.25, -0.2) is 0 Å². The number of hydrogen-bond acceptors (Lipinski definition) is 4. The quantitative estimate of drug-likeness (QED) is 0.760. The van der Waals surface area contributed by atoms with Crippen LogP contribution in [0.25, 0.3) is 0 Å². The molecule has 0 aromatic rings. The molecule has 0 radical (unpaired) electrons. The molecule has 2 aliphatic heterocycles. The van der Waals surface area contributed by atoms with Gasteiger partial charge >= 0.3 is 0 Å². The van der Waals surface area contributed by atoms with E-state index < -0.39 is 0 Å². The summed E-state index contributed by atoms with van der Waals surface area (Å²) in [5.41, 5.74) is 0. The molecular weight excluding hydrogens is 224 g/mol. The Morgan fingerprint density at radius 2 is 2.50 bits per heavy atom. The number of nitrogens with zero attached hydrogens (tertiary/aromatic N) is 1. The summed E-state index contributed by atoms with van der Waals surface area (Å²) in [5, 5.41) is 3.40. The Bertz CT molecular complexity index is 244. The molecule has 0 aliphatic carbocycles. The second kappa shape index (κ2) is 5.89. The van der Waals surface area contributed by atoms with E-state index in [-0.39, 0.29) is 12.0 Å². The Hall–Kier alpha value is -0.260. The average Bonchev–Trinajstić information content (AvgIpc) is 2.30. The van der Waals surface area contributed by atoms with Crippen LogP contribution in [0.5, 0.6) is 0 Å². The van der Waals surface area contributed by atoms with Gasteiger partial charge in [0.1, 0.15) is 0 Å². The van der Waals surface area contributed by atoms with Crippen LogP contribution in [0.3, 0.4) is 0 Å². The molecule has 1 amide bonds. The molecule has 92 valence electrons. The van der Waals surface area contributed by atoms with Crippen LogP contribution in [0.4, 0.5) is 0 Å². The molecule has 2 unspecified atom stereocenters. The van der Waals surface area contributed by atoms with Crippen LogP contribution < -0.4 is 5.32 Å². The lowest BCUT2D eigenvalue weighted by molar-refractivity contribution is -0.138. The Morgan fingerprint density at radius 3 is 3.19 bits per heavy atom. The minimum atomic E-state index is 0.186. The third-order valence-electron chi connectivity index (χ3n) is 3.01. The standard InChI is InChI=1S/C11H20N2O2S/c1-9-7-13(3-4-15-9)11(14)6-10-8-16-5-2-12-10/h9-10,12H,2-8H2,1H3. The summed E-state index contributed by atoms with van der Waals surface area (Å²) >= 11 is 1.93. The number of morpholine rings is 1. The van der Waals surface area contributed by atoms with Crippen LogP contribution in [-0.2, 0) is 9.53 Å². The number of thioether (sulfide) groups is 1. The summed E-state index contributed by atoms with van der Waals surface area (Å²) < 4.78 is 5.43. The zero-order valence-corrected chi connectivity index (χ0v) is 10.6. The number of carbonyl (C=O) groups excluding carboxylic acids is 1. The molecule has 2 atom stereocenters. The van der Waals surface area contributed by atoms with E-state index in [9.17, 15) is 4.79 Å². The van der Waals surface area contributed by atoms with Gasteiger partial charge in [0.05, 0.1) is 12.7 Å². The van der Waals surface area contributed by atoms with Crippen LogP contribution >= 0.6 is 11.8 Å². The molecule has 2 rings (SSSR count). The van der Waals surface area contributed by atoms with Gasteiger partial charge in [0, 0.05) is 43.6 Å². The molecule has 0 spiro atoms. The van der Waals surface area contributed by atoms with Crippen LogP contribution in [-0.4, -0.2) is 60.7 Å². The van der Waals surface area contributed by atoms with Crippen molar-refractivity contribution >= 4 is 17.7 Å². The summed E-state index contributed by atoms with van der Waals surface area (Å²) in [7, 11) is 0. The number of carbonyl (C=O) groups is 1. The summed E-state index contributed by atoms with van der Waals surface area (Å²) in [6.07, 6.45) is 0.825. The largest absolute Gasteiger partial charge is 0.375 e. The summed E-state index contributed by atoms with van der Waals surface area (Å²) in [6, 6.07) is 0.365. The molecule has 0 bridgehead atoms. The molecule has 0 saturated carbocycles. The van der Waals surface area contributed by atoms with Crippen molar-refractivity contribution in [2.24, 2.45) is 0 Å². The summed E-state index contributed by atoms with van der Waals surface area (Å²) in [5.74, 6) is 2.50. The molecule has 0 aromatic carbocycles. The van der Waals surface area contributed by atoms with Crippen molar-refractivity contribution < 1.29 is 9.53 Å². The number of ether oxygens (including phenoxy) is 1. The van der Waals surface area contributed by atoms with Gasteiger partial charge in [-0.1, -0.05) is 0 Å². The van der Waals surface area contributed by atoms with Crippen molar-refractivity contribution in [2.75, 3.05) is 37.7 Å². The minimum Gasteiger partial charge on any atom is -0.375 e. The minimum absolute atomic E-state index is 0.186. The third kappa shape index (κ3) is 3.37. The van der Waals surface area contributed by atoms with E-state index in [1.807, 2.05) is 23.6 Å². The summed E-state index contributed by atoms with van der Waals surface area (Å²) in [4.78, 5) is 14.0. The maximum atomic E-state index is 12.0. The smallest absolute Gasteiger partial charge is 0.224 e. The first kappa shape index (κ1) is 12.2. The van der Waals surface area contributed by atoms with Gasteiger partial charge in [-0.3, -0.25) is 4.79 Å². The second-order valence-electron chi connectivity index (χ2n) is 4.45. The van der Waals surface area contributed by atoms with E-state index in [2.05, 4.69) is 5.32 Å². The Balaban J connectivity index is 1.77. The zero-order chi connectivity index (χ0) is 11.4. The molecule has 0 aromatic heterocycles. The van der Waals surface area contributed by atoms with Crippen molar-refractivity contribution in [1.82, 2.24) is 10.2 Å². The highest BCUT2D eigenvalue weighted by Crippen LogP contribution is 2.13. The van der Waals surface area contributed by atoms with E-state index in [0.29, 0.717) is 19.1 Å². The lowest BCUT2D eigenvalue weighted by atomic mass is 10.2. The van der Waals surface area contributed by atoms with Crippen LogP contribution in [0.2, 0.25) is 0 Å². The monoisotopic (exact) mass is 244 g/mol. The normalized spacial score (nSPS) is 31.4. The fourth-order valence-corrected chi connectivity index (χ4v) is 3.08. The first-order valence-electron chi connectivity index (χ1n) is 5.96. The van der Waals surface area contributed by atoms with Gasteiger partial charge < -0.3 is 15.0 Å². The van der Waals surface area contributed by atoms with Crippen LogP contribution in [0.15, 0.2) is 0 Å². The van der Waals surface area contributed by atoms with Gasteiger partial charge in [0.15, 0.2) is 0 Å². The number of hydrogen-bond donors (Lipinski definition) is 1. The topological polar surface area (TPSA) is 41.6 Å². The van der Waals surface area contributed by atoms with Crippen molar-refractivity contribution in [3.63, 3.8) is 0 Å². The second-order valence-corrected chi connectivity index (χ2v) is 5.60. The van der Waals surface area contributed by atoms with E-state index >= 15 is 0 Å². The van der Waals surface area contributed by atoms with E-state index in [1.165, 1.54) is 5.75 Å². The maximum absolute atomic E-state index is 12.0. The van der Waals surface area contributed by atoms with Gasteiger partial charge in [-0.05, 0) is 6.92 Å². The third-order valence-corrected chi connectivity index (χ3v) is 4.14. The SMILES string of the molecule is CC1CN(C(=O)CC2CSCCN2)CCO1. The van der Waals surface area contributed by atoms with Gasteiger partial charge in [0.2, 0.25) is 5.91 Å². The molecule has 2 saturated heterocycles. The van der Waals surface area contributed by atoms with Crippen molar-refractivity contribution in [1.29, 1.82) is 0 Å². The van der Waals surface area contributed by atoms with E-state index in [0.717, 1.165) is 25.4 Å². The lowest BCUT2D eigenvalue weighted by Gasteiger charge is -2.33. The summed E-state index contributed by atoms with van der Waals surface area (Å²) in [6.45, 7) is 5.23. The zero-order valence-electron chi connectivity index (χ0n) is 9.78. The first-order chi connectivity index (χ1) is 7.75. The molecular formula is C11H20N2O2S. The molecule has 1 N–H and O–H groups in total. The Labute approximate surface area is 101 Å². The predicted molar refractivity (Wildman–Crippen MR) is 65.7 cm³/mol. The highest BCUT2D eigenvalue weighted by molar-refractivity contribution is 7.99. The fraction of sp³-hybridized carbons (Fsp3) is 0.909. The molecule has 16 heavy (non-hydrogen) atoms. The lowest BCUT2D eigenvalue weighted by Crippen LogP contribution is -2.48. The molecule has 2 fully saturated rings. The average molecular weight is 244 g/mol. The number of amides is 1. The van der Waals surface area contributed by atoms with Crippen molar-refractivity contribution in [3.05, 3.63) is 0 Å². The number of nitrogens with one attached hydrogen (secondary N) is 1. The Kier molecular flexibility index (Phi) is 4.49.